The Kier molecular flexibility index (Phi) is 5.03. The number of nitrogens with zero attached hydrogens (tertiary/aromatic N) is 2. The van der Waals surface area contributed by atoms with Gasteiger partial charge in [-0.25, -0.2) is 8.78 Å². The SMILES string of the molecule is CN(Cc1cn[nH]c1-c1c(F)cccc1F)CC1CCCOC1. The van der Waals surface area contributed by atoms with Crippen LogP contribution in [-0.4, -0.2) is 41.9 Å². The molecule has 1 N–H and O–H groups in total. The highest BCUT2D eigenvalue weighted by Gasteiger charge is 2.20. The summed E-state index contributed by atoms with van der Waals surface area (Å²) in [7, 11) is 2.00. The van der Waals surface area contributed by atoms with E-state index >= 15 is 0 Å². The lowest BCUT2D eigenvalue weighted by molar-refractivity contribution is 0.0412. The fraction of sp³-hybridized carbons (Fsp3) is 0.471. The van der Waals surface area contributed by atoms with E-state index in [1.165, 1.54) is 18.2 Å². The van der Waals surface area contributed by atoms with Gasteiger partial charge in [0, 0.05) is 25.3 Å². The van der Waals surface area contributed by atoms with Gasteiger partial charge in [0.05, 0.1) is 24.1 Å². The summed E-state index contributed by atoms with van der Waals surface area (Å²) in [5, 5.41) is 6.70. The molecule has 0 aliphatic carbocycles. The van der Waals surface area contributed by atoms with Gasteiger partial charge in [0.15, 0.2) is 0 Å². The Balaban J connectivity index is 1.73. The number of aromatic amines is 1. The summed E-state index contributed by atoms with van der Waals surface area (Å²) in [6.45, 7) is 3.10. The third-order valence-electron chi connectivity index (χ3n) is 4.20. The third-order valence-corrected chi connectivity index (χ3v) is 4.20. The first-order valence-electron chi connectivity index (χ1n) is 7.88. The van der Waals surface area contributed by atoms with Crippen LogP contribution >= 0.6 is 0 Å². The molecule has 1 aliphatic heterocycles. The van der Waals surface area contributed by atoms with E-state index in [0.29, 0.717) is 18.2 Å². The van der Waals surface area contributed by atoms with Gasteiger partial charge in [-0.2, -0.15) is 5.10 Å². The smallest absolute Gasteiger partial charge is 0.135 e. The fourth-order valence-electron chi connectivity index (χ4n) is 3.13. The van der Waals surface area contributed by atoms with Gasteiger partial charge in [-0.1, -0.05) is 6.07 Å². The quantitative estimate of drug-likeness (QED) is 0.919. The van der Waals surface area contributed by atoms with Gasteiger partial charge in [0.1, 0.15) is 11.6 Å². The van der Waals surface area contributed by atoms with Crippen molar-refractivity contribution >= 4 is 0 Å². The topological polar surface area (TPSA) is 41.2 Å². The van der Waals surface area contributed by atoms with Gasteiger partial charge >= 0.3 is 0 Å². The van der Waals surface area contributed by atoms with Crippen LogP contribution in [0.2, 0.25) is 0 Å². The molecule has 2 aromatic rings. The number of nitrogens with one attached hydrogen (secondary N) is 1. The minimum Gasteiger partial charge on any atom is -0.381 e. The summed E-state index contributed by atoms with van der Waals surface area (Å²) in [6.07, 6.45) is 3.88. The van der Waals surface area contributed by atoms with Crippen molar-refractivity contribution in [3.63, 3.8) is 0 Å². The van der Waals surface area contributed by atoms with Crippen molar-refractivity contribution < 1.29 is 13.5 Å². The van der Waals surface area contributed by atoms with E-state index in [2.05, 4.69) is 15.1 Å². The molecule has 4 nitrogen and oxygen atoms in total. The molecular weight excluding hydrogens is 300 g/mol. The van der Waals surface area contributed by atoms with Crippen LogP contribution in [0.4, 0.5) is 8.78 Å². The molecule has 1 unspecified atom stereocenters. The number of aromatic nitrogens is 2. The molecule has 124 valence electrons. The van der Waals surface area contributed by atoms with Crippen LogP contribution in [0.25, 0.3) is 11.3 Å². The average Bonchev–Trinajstić information content (AvgIpc) is 2.96. The summed E-state index contributed by atoms with van der Waals surface area (Å²) in [6, 6.07) is 3.87. The van der Waals surface area contributed by atoms with Crippen molar-refractivity contribution in [2.24, 2.45) is 5.92 Å². The van der Waals surface area contributed by atoms with Crippen LogP contribution in [0.15, 0.2) is 24.4 Å². The number of halogens is 2. The lowest BCUT2D eigenvalue weighted by Crippen LogP contribution is -2.30. The van der Waals surface area contributed by atoms with Crippen LogP contribution in [0, 0.1) is 17.6 Å². The Hall–Kier alpha value is -1.79. The molecule has 1 fully saturated rings. The van der Waals surface area contributed by atoms with E-state index in [0.717, 1.165) is 38.2 Å². The van der Waals surface area contributed by atoms with E-state index in [-0.39, 0.29) is 5.56 Å². The zero-order valence-corrected chi connectivity index (χ0v) is 13.2. The molecular formula is C17H21F2N3O. The van der Waals surface area contributed by atoms with Gasteiger partial charge in [-0.05, 0) is 37.9 Å². The molecule has 23 heavy (non-hydrogen) atoms. The standard InChI is InChI=1S/C17H21F2N3O/c1-22(9-12-4-3-7-23-11-12)10-13-8-20-21-17(13)16-14(18)5-2-6-15(16)19/h2,5-6,8,12H,3-4,7,9-11H2,1H3,(H,20,21). The van der Waals surface area contributed by atoms with E-state index in [4.69, 9.17) is 4.74 Å². The highest BCUT2D eigenvalue weighted by atomic mass is 19.1. The predicted molar refractivity (Wildman–Crippen MR) is 83.8 cm³/mol. The Morgan fingerprint density at radius 1 is 1.35 bits per heavy atom. The summed E-state index contributed by atoms with van der Waals surface area (Å²) in [5.41, 5.74) is 1.15. The minimum absolute atomic E-state index is 0.0469. The zero-order chi connectivity index (χ0) is 16.2. The normalized spacial score (nSPS) is 18.5. The molecule has 0 saturated carbocycles. The average molecular weight is 321 g/mol. The van der Waals surface area contributed by atoms with Crippen LogP contribution in [0.1, 0.15) is 18.4 Å². The molecule has 1 aliphatic rings. The fourth-order valence-corrected chi connectivity index (χ4v) is 3.13. The van der Waals surface area contributed by atoms with Gasteiger partial charge in [0.2, 0.25) is 0 Å². The first-order chi connectivity index (χ1) is 11.1. The molecule has 1 aromatic heterocycles. The number of rotatable bonds is 5. The van der Waals surface area contributed by atoms with E-state index in [1.807, 2.05) is 7.05 Å². The zero-order valence-electron chi connectivity index (χ0n) is 13.2. The second kappa shape index (κ2) is 7.19. The van der Waals surface area contributed by atoms with Crippen molar-refractivity contribution in [3.8, 4) is 11.3 Å². The van der Waals surface area contributed by atoms with Gasteiger partial charge in [0.25, 0.3) is 0 Å². The van der Waals surface area contributed by atoms with Crippen molar-refractivity contribution in [2.75, 3.05) is 26.8 Å². The summed E-state index contributed by atoms with van der Waals surface area (Å²) >= 11 is 0. The lowest BCUT2D eigenvalue weighted by Gasteiger charge is -2.27. The summed E-state index contributed by atoms with van der Waals surface area (Å²) in [4.78, 5) is 2.15. The third kappa shape index (κ3) is 3.76. The Morgan fingerprint density at radius 3 is 2.83 bits per heavy atom. The maximum absolute atomic E-state index is 14.0. The number of benzene rings is 1. The molecule has 0 spiro atoms. The monoisotopic (exact) mass is 321 g/mol. The Labute approximate surface area is 134 Å². The molecule has 1 atom stereocenters. The Morgan fingerprint density at radius 2 is 2.13 bits per heavy atom. The first-order valence-corrected chi connectivity index (χ1v) is 7.88. The summed E-state index contributed by atoms with van der Waals surface area (Å²) < 4.78 is 33.5. The number of hydrogen-bond acceptors (Lipinski definition) is 3. The largest absolute Gasteiger partial charge is 0.381 e. The van der Waals surface area contributed by atoms with Crippen LogP contribution < -0.4 is 0 Å². The molecule has 1 saturated heterocycles. The number of H-pyrrole nitrogens is 1. The van der Waals surface area contributed by atoms with Crippen LogP contribution in [0.3, 0.4) is 0 Å². The van der Waals surface area contributed by atoms with Crippen LogP contribution in [-0.2, 0) is 11.3 Å². The summed E-state index contributed by atoms with van der Waals surface area (Å²) in [5.74, 6) is -0.660. The molecule has 0 bridgehead atoms. The number of hydrogen-bond donors (Lipinski definition) is 1. The molecule has 2 heterocycles. The highest BCUT2D eigenvalue weighted by Crippen LogP contribution is 2.28. The van der Waals surface area contributed by atoms with Gasteiger partial charge in [-0.3, -0.25) is 5.10 Å². The van der Waals surface area contributed by atoms with Crippen molar-refractivity contribution in [1.82, 2.24) is 15.1 Å². The molecule has 0 radical (unpaired) electrons. The van der Waals surface area contributed by atoms with Crippen molar-refractivity contribution in [3.05, 3.63) is 41.6 Å². The van der Waals surface area contributed by atoms with E-state index < -0.39 is 11.6 Å². The second-order valence-electron chi connectivity index (χ2n) is 6.15. The molecule has 3 rings (SSSR count). The van der Waals surface area contributed by atoms with Crippen LogP contribution in [0.5, 0.6) is 0 Å². The molecule has 1 aromatic carbocycles. The van der Waals surface area contributed by atoms with Gasteiger partial charge in [-0.15, -0.1) is 0 Å². The lowest BCUT2D eigenvalue weighted by atomic mass is 10.0. The van der Waals surface area contributed by atoms with E-state index in [1.54, 1.807) is 6.20 Å². The maximum Gasteiger partial charge on any atom is 0.135 e. The minimum atomic E-state index is -0.584. The Bertz CT molecular complexity index is 633. The second-order valence-corrected chi connectivity index (χ2v) is 6.15. The highest BCUT2D eigenvalue weighted by molar-refractivity contribution is 5.64. The number of ether oxygens (including phenoxy) is 1. The van der Waals surface area contributed by atoms with Gasteiger partial charge < -0.3 is 9.64 Å². The van der Waals surface area contributed by atoms with Crippen molar-refractivity contribution in [1.29, 1.82) is 0 Å². The molecule has 6 heteroatoms. The first kappa shape index (κ1) is 16.1. The molecule has 0 amide bonds. The predicted octanol–water partition coefficient (Wildman–Crippen LogP) is 3.21. The van der Waals surface area contributed by atoms with Crippen molar-refractivity contribution in [2.45, 2.75) is 19.4 Å². The maximum atomic E-state index is 14.0. The van der Waals surface area contributed by atoms with E-state index in [9.17, 15) is 8.78 Å².